The number of anilines is 1. The molecule has 0 bridgehead atoms. The van der Waals surface area contributed by atoms with Gasteiger partial charge in [-0.1, -0.05) is 18.2 Å². The predicted molar refractivity (Wildman–Crippen MR) is 125 cm³/mol. The van der Waals surface area contributed by atoms with Crippen LogP contribution in [0.15, 0.2) is 47.5 Å². The highest BCUT2D eigenvalue weighted by atomic mass is 16.5. The van der Waals surface area contributed by atoms with Gasteiger partial charge >= 0.3 is 0 Å². The fourth-order valence-corrected chi connectivity index (χ4v) is 3.68. The SMILES string of the molecule is CCNC(=NCc1ccc(OCCO)c(OC)c1)N1CCN(c2cccc(C)c2)CC1. The fraction of sp³-hybridized carbons (Fsp3) is 0.458. The summed E-state index contributed by atoms with van der Waals surface area (Å²) in [7, 11) is 1.62. The van der Waals surface area contributed by atoms with Crippen LogP contribution in [0, 0.1) is 6.92 Å². The van der Waals surface area contributed by atoms with Gasteiger partial charge in [0, 0.05) is 38.4 Å². The third kappa shape index (κ3) is 6.28. The first-order valence-electron chi connectivity index (χ1n) is 10.9. The Morgan fingerprint density at radius 1 is 1.10 bits per heavy atom. The van der Waals surface area contributed by atoms with Crippen LogP contribution in [0.4, 0.5) is 5.69 Å². The third-order valence-electron chi connectivity index (χ3n) is 5.27. The summed E-state index contributed by atoms with van der Waals surface area (Å²) in [5.41, 5.74) is 3.62. The van der Waals surface area contributed by atoms with Crippen LogP contribution in [-0.4, -0.2) is 69.0 Å². The summed E-state index contributed by atoms with van der Waals surface area (Å²) in [6.45, 7) is 9.62. The molecular weight excluding hydrogens is 392 g/mol. The van der Waals surface area contributed by atoms with E-state index in [1.165, 1.54) is 11.3 Å². The minimum atomic E-state index is -0.0294. The average Bonchev–Trinajstić information content (AvgIpc) is 2.80. The largest absolute Gasteiger partial charge is 0.493 e. The molecule has 0 atom stereocenters. The van der Waals surface area contributed by atoms with E-state index in [0.29, 0.717) is 18.0 Å². The molecule has 0 spiro atoms. The first-order chi connectivity index (χ1) is 15.1. The van der Waals surface area contributed by atoms with Crippen molar-refractivity contribution in [2.45, 2.75) is 20.4 Å². The Hall–Kier alpha value is -2.93. The Kier molecular flexibility index (Phi) is 8.41. The Morgan fingerprint density at radius 3 is 2.58 bits per heavy atom. The van der Waals surface area contributed by atoms with Crippen molar-refractivity contribution in [1.82, 2.24) is 10.2 Å². The van der Waals surface area contributed by atoms with Crippen molar-refractivity contribution < 1.29 is 14.6 Å². The quantitative estimate of drug-likeness (QED) is 0.500. The Labute approximate surface area is 185 Å². The monoisotopic (exact) mass is 426 g/mol. The maximum atomic E-state index is 8.96. The number of hydrogen-bond acceptors (Lipinski definition) is 5. The number of guanidine groups is 1. The van der Waals surface area contributed by atoms with Gasteiger partial charge in [-0.05, 0) is 49.2 Å². The molecule has 2 aromatic carbocycles. The van der Waals surface area contributed by atoms with E-state index in [-0.39, 0.29) is 13.2 Å². The van der Waals surface area contributed by atoms with E-state index in [1.807, 2.05) is 18.2 Å². The van der Waals surface area contributed by atoms with Crippen molar-refractivity contribution in [3.05, 3.63) is 53.6 Å². The van der Waals surface area contributed by atoms with E-state index in [0.717, 1.165) is 44.2 Å². The van der Waals surface area contributed by atoms with Gasteiger partial charge in [-0.2, -0.15) is 0 Å². The van der Waals surface area contributed by atoms with Crippen LogP contribution >= 0.6 is 0 Å². The zero-order chi connectivity index (χ0) is 22.1. The van der Waals surface area contributed by atoms with Gasteiger partial charge in [0.1, 0.15) is 6.61 Å². The van der Waals surface area contributed by atoms with E-state index < -0.39 is 0 Å². The number of aliphatic hydroxyl groups is 1. The molecule has 0 radical (unpaired) electrons. The Balaban J connectivity index is 1.64. The third-order valence-corrected chi connectivity index (χ3v) is 5.27. The number of methoxy groups -OCH3 is 1. The Morgan fingerprint density at radius 2 is 1.90 bits per heavy atom. The van der Waals surface area contributed by atoms with E-state index in [1.54, 1.807) is 7.11 Å². The molecule has 0 aliphatic carbocycles. The molecule has 1 saturated heterocycles. The number of aliphatic imine (C=N–C) groups is 1. The van der Waals surface area contributed by atoms with Crippen LogP contribution in [-0.2, 0) is 6.54 Å². The molecule has 1 fully saturated rings. The molecule has 1 heterocycles. The van der Waals surface area contributed by atoms with Gasteiger partial charge in [-0.3, -0.25) is 0 Å². The van der Waals surface area contributed by atoms with Crippen LogP contribution in [0.3, 0.4) is 0 Å². The summed E-state index contributed by atoms with van der Waals surface area (Å²) < 4.78 is 10.9. The normalized spacial score (nSPS) is 14.5. The Bertz CT molecular complexity index is 864. The summed E-state index contributed by atoms with van der Waals surface area (Å²) >= 11 is 0. The number of rotatable bonds is 8. The van der Waals surface area contributed by atoms with Crippen molar-refractivity contribution in [2.24, 2.45) is 4.99 Å². The van der Waals surface area contributed by atoms with Gasteiger partial charge < -0.3 is 29.7 Å². The molecule has 168 valence electrons. The maximum Gasteiger partial charge on any atom is 0.194 e. The van der Waals surface area contributed by atoms with Gasteiger partial charge in [-0.25, -0.2) is 4.99 Å². The van der Waals surface area contributed by atoms with Crippen molar-refractivity contribution in [1.29, 1.82) is 0 Å². The molecule has 3 rings (SSSR count). The number of aryl methyl sites for hydroxylation is 1. The molecule has 7 heteroatoms. The molecule has 0 aromatic heterocycles. The van der Waals surface area contributed by atoms with Gasteiger partial charge in [0.25, 0.3) is 0 Å². The number of hydrogen-bond donors (Lipinski definition) is 2. The molecule has 7 nitrogen and oxygen atoms in total. The van der Waals surface area contributed by atoms with Gasteiger partial charge in [0.2, 0.25) is 0 Å². The van der Waals surface area contributed by atoms with Crippen molar-refractivity contribution in [2.75, 3.05) is 57.9 Å². The highest BCUT2D eigenvalue weighted by molar-refractivity contribution is 5.80. The highest BCUT2D eigenvalue weighted by Gasteiger charge is 2.20. The lowest BCUT2D eigenvalue weighted by Crippen LogP contribution is -2.52. The lowest BCUT2D eigenvalue weighted by atomic mass is 10.2. The molecule has 0 amide bonds. The molecule has 2 N–H and O–H groups in total. The van der Waals surface area contributed by atoms with Crippen LogP contribution in [0.1, 0.15) is 18.1 Å². The van der Waals surface area contributed by atoms with E-state index in [2.05, 4.69) is 53.2 Å². The van der Waals surface area contributed by atoms with Crippen LogP contribution < -0.4 is 19.7 Å². The predicted octanol–water partition coefficient (Wildman–Crippen LogP) is 2.66. The summed E-state index contributed by atoms with van der Waals surface area (Å²) in [6, 6.07) is 14.5. The van der Waals surface area contributed by atoms with Gasteiger partial charge in [0.15, 0.2) is 17.5 Å². The van der Waals surface area contributed by atoms with E-state index in [4.69, 9.17) is 19.6 Å². The fourth-order valence-electron chi connectivity index (χ4n) is 3.68. The van der Waals surface area contributed by atoms with Gasteiger partial charge in [0.05, 0.1) is 20.3 Å². The highest BCUT2D eigenvalue weighted by Crippen LogP contribution is 2.28. The van der Waals surface area contributed by atoms with Crippen LogP contribution in [0.2, 0.25) is 0 Å². The summed E-state index contributed by atoms with van der Waals surface area (Å²) in [4.78, 5) is 9.62. The number of nitrogens with one attached hydrogen (secondary N) is 1. The molecule has 0 unspecified atom stereocenters. The van der Waals surface area contributed by atoms with Crippen molar-refractivity contribution in [3.8, 4) is 11.5 Å². The maximum absolute atomic E-state index is 8.96. The van der Waals surface area contributed by atoms with Gasteiger partial charge in [-0.15, -0.1) is 0 Å². The molecular formula is C24H34N4O3. The molecule has 1 aliphatic heterocycles. The number of piperazine rings is 1. The number of ether oxygens (including phenoxy) is 2. The number of nitrogens with zero attached hydrogens (tertiary/aromatic N) is 3. The first-order valence-corrected chi connectivity index (χ1v) is 10.9. The standard InChI is InChI=1S/C24H34N4O3/c1-4-25-24(26-18-20-8-9-22(31-15-14-29)23(17-20)30-3)28-12-10-27(11-13-28)21-7-5-6-19(2)16-21/h5-9,16-17,29H,4,10-15,18H2,1-3H3,(H,25,26). The second kappa shape index (κ2) is 11.5. The topological polar surface area (TPSA) is 69.6 Å². The number of benzene rings is 2. The number of aliphatic hydroxyl groups excluding tert-OH is 1. The zero-order valence-electron chi connectivity index (χ0n) is 18.8. The minimum Gasteiger partial charge on any atom is -0.493 e. The lowest BCUT2D eigenvalue weighted by molar-refractivity contribution is 0.196. The van der Waals surface area contributed by atoms with Crippen molar-refractivity contribution in [3.63, 3.8) is 0 Å². The smallest absolute Gasteiger partial charge is 0.194 e. The van der Waals surface area contributed by atoms with E-state index in [9.17, 15) is 0 Å². The zero-order valence-corrected chi connectivity index (χ0v) is 18.8. The average molecular weight is 427 g/mol. The van der Waals surface area contributed by atoms with Crippen LogP contribution in [0.5, 0.6) is 11.5 Å². The molecule has 0 saturated carbocycles. The summed E-state index contributed by atoms with van der Waals surface area (Å²) in [5, 5.41) is 12.4. The molecule has 1 aliphatic rings. The van der Waals surface area contributed by atoms with Crippen LogP contribution in [0.25, 0.3) is 0 Å². The first kappa shape index (κ1) is 22.7. The summed E-state index contributed by atoms with van der Waals surface area (Å²) in [5.74, 6) is 2.22. The second-order valence-electron chi connectivity index (χ2n) is 7.54. The molecule has 2 aromatic rings. The minimum absolute atomic E-state index is 0.0294. The van der Waals surface area contributed by atoms with Crippen molar-refractivity contribution >= 4 is 11.6 Å². The lowest BCUT2D eigenvalue weighted by Gasteiger charge is -2.37. The van der Waals surface area contributed by atoms with E-state index >= 15 is 0 Å². The molecule has 31 heavy (non-hydrogen) atoms. The summed E-state index contributed by atoms with van der Waals surface area (Å²) in [6.07, 6.45) is 0. The second-order valence-corrected chi connectivity index (χ2v) is 7.54.